The monoisotopic (exact) mass is 564 g/mol. The van der Waals surface area contributed by atoms with Gasteiger partial charge in [-0.25, -0.2) is 4.79 Å². The summed E-state index contributed by atoms with van der Waals surface area (Å²) in [5.74, 6) is -2.81. The van der Waals surface area contributed by atoms with Crippen molar-refractivity contribution in [3.05, 3.63) is 93.5 Å². The number of carboxylic acids is 1. The fraction of sp³-hybridized carbons (Fsp3) is 0.179. The Balaban J connectivity index is 1.36. The molecule has 4 rings (SSSR count). The van der Waals surface area contributed by atoms with Crippen LogP contribution >= 0.6 is 11.6 Å². The van der Waals surface area contributed by atoms with Crippen molar-refractivity contribution in [3.8, 4) is 5.75 Å². The van der Waals surface area contributed by atoms with Crippen molar-refractivity contribution in [2.45, 2.75) is 19.0 Å². The molecule has 1 aliphatic heterocycles. The molecule has 0 spiro atoms. The molecule has 12 heteroatoms. The molecule has 3 aromatic rings. The molecule has 0 fully saturated rings. The second-order valence-corrected chi connectivity index (χ2v) is 9.26. The lowest BCUT2D eigenvalue weighted by Gasteiger charge is -2.16. The van der Waals surface area contributed by atoms with E-state index in [0.717, 1.165) is 16.8 Å². The molecule has 11 nitrogen and oxygen atoms in total. The third-order valence-corrected chi connectivity index (χ3v) is 6.51. The highest BCUT2D eigenvalue weighted by atomic mass is 35.5. The molecule has 0 saturated carbocycles. The first-order valence-corrected chi connectivity index (χ1v) is 12.5. The Morgan fingerprint density at radius 3 is 2.42 bits per heavy atom. The van der Waals surface area contributed by atoms with Crippen LogP contribution in [0.3, 0.4) is 0 Å². The molecule has 0 radical (unpaired) electrons. The van der Waals surface area contributed by atoms with E-state index in [9.17, 15) is 29.1 Å². The highest BCUT2D eigenvalue weighted by molar-refractivity contribution is 6.34. The van der Waals surface area contributed by atoms with Gasteiger partial charge >= 0.3 is 5.97 Å². The average Bonchev–Trinajstić information content (AvgIpc) is 3.34. The van der Waals surface area contributed by atoms with Gasteiger partial charge in [0.05, 0.1) is 24.1 Å². The quantitative estimate of drug-likeness (QED) is 0.252. The predicted molar refractivity (Wildman–Crippen MR) is 146 cm³/mol. The lowest BCUT2D eigenvalue weighted by atomic mass is 10.0. The van der Waals surface area contributed by atoms with E-state index in [0.29, 0.717) is 5.75 Å². The summed E-state index contributed by atoms with van der Waals surface area (Å²) in [6.45, 7) is -0.210. The van der Waals surface area contributed by atoms with Crippen LogP contribution in [0.5, 0.6) is 5.75 Å². The van der Waals surface area contributed by atoms with Gasteiger partial charge in [-0.3, -0.25) is 19.2 Å². The standard InChI is InChI=1S/C28H25ClN4O7/c1-40-18-6-2-4-15(10-18)25(35)31-14-23(28(38)39)33-27(37)19-9-8-16(11-21(19)29)26(36)30-13-17-5-3-7-22-20(17)12-24(34)32-22/h2-11,23H,12-14H2,1H3,(H,30,36)(H,31,35)(H,32,34)(H,33,37)(H,38,39)/t23-/m0/s1. The van der Waals surface area contributed by atoms with Crippen LogP contribution in [0.4, 0.5) is 5.69 Å². The van der Waals surface area contributed by atoms with Crippen LogP contribution in [0.2, 0.25) is 5.02 Å². The maximum Gasteiger partial charge on any atom is 0.328 e. The number of rotatable bonds is 10. The Bertz CT molecular complexity index is 1510. The van der Waals surface area contributed by atoms with Crippen LogP contribution in [0.25, 0.3) is 0 Å². The van der Waals surface area contributed by atoms with Gasteiger partial charge in [-0.1, -0.05) is 29.8 Å². The Hall–Kier alpha value is -4.90. The number of hydrogen-bond donors (Lipinski definition) is 5. The van der Waals surface area contributed by atoms with Crippen molar-refractivity contribution in [2.24, 2.45) is 0 Å². The van der Waals surface area contributed by atoms with Crippen LogP contribution in [0, 0.1) is 0 Å². The summed E-state index contributed by atoms with van der Waals surface area (Å²) >= 11 is 6.26. The number of nitrogens with one attached hydrogen (secondary N) is 4. The highest BCUT2D eigenvalue weighted by Crippen LogP contribution is 2.26. The largest absolute Gasteiger partial charge is 0.497 e. The van der Waals surface area contributed by atoms with E-state index in [4.69, 9.17) is 16.3 Å². The number of anilines is 1. The predicted octanol–water partition coefficient (Wildman–Crippen LogP) is 2.39. The Morgan fingerprint density at radius 2 is 1.70 bits per heavy atom. The number of carboxylic acid groups (broad SMARTS) is 1. The summed E-state index contributed by atoms with van der Waals surface area (Å²) in [6.07, 6.45) is 0.235. The van der Waals surface area contributed by atoms with Gasteiger partial charge in [-0.2, -0.15) is 0 Å². The van der Waals surface area contributed by atoms with Crippen molar-refractivity contribution in [2.75, 3.05) is 19.0 Å². The Kier molecular flexibility index (Phi) is 8.65. The zero-order chi connectivity index (χ0) is 28.8. The number of ether oxygens (including phenoxy) is 1. The summed E-state index contributed by atoms with van der Waals surface area (Å²) in [5, 5.41) is 19.8. The summed E-state index contributed by atoms with van der Waals surface area (Å²) in [6, 6.07) is 14.2. The molecule has 3 aromatic carbocycles. The van der Waals surface area contributed by atoms with Gasteiger partial charge < -0.3 is 31.1 Å². The van der Waals surface area contributed by atoms with Crippen molar-refractivity contribution < 1.29 is 33.8 Å². The summed E-state index contributed by atoms with van der Waals surface area (Å²) in [5.41, 5.74) is 2.73. The van der Waals surface area contributed by atoms with Gasteiger partial charge in [0.25, 0.3) is 17.7 Å². The molecule has 40 heavy (non-hydrogen) atoms. The van der Waals surface area contributed by atoms with E-state index in [1.807, 2.05) is 6.07 Å². The van der Waals surface area contributed by atoms with E-state index in [2.05, 4.69) is 21.3 Å². The van der Waals surface area contributed by atoms with E-state index in [-0.39, 0.29) is 47.1 Å². The van der Waals surface area contributed by atoms with Gasteiger partial charge in [0.1, 0.15) is 11.8 Å². The molecular formula is C28H25ClN4O7. The smallest absolute Gasteiger partial charge is 0.328 e. The molecule has 4 amide bonds. The number of fused-ring (bicyclic) bond motifs is 1. The van der Waals surface area contributed by atoms with Crippen LogP contribution in [-0.4, -0.2) is 54.4 Å². The molecule has 1 atom stereocenters. The van der Waals surface area contributed by atoms with Gasteiger partial charge in [0, 0.05) is 29.9 Å². The van der Waals surface area contributed by atoms with E-state index >= 15 is 0 Å². The molecule has 0 aliphatic carbocycles. The third kappa shape index (κ3) is 6.56. The number of halogens is 1. The number of aliphatic carboxylic acids is 1. The first kappa shape index (κ1) is 28.1. The van der Waals surface area contributed by atoms with Crippen LogP contribution in [0.15, 0.2) is 60.7 Å². The summed E-state index contributed by atoms with van der Waals surface area (Å²) in [7, 11) is 1.45. The fourth-order valence-corrected chi connectivity index (χ4v) is 4.36. The molecule has 0 saturated heterocycles. The topological polar surface area (TPSA) is 163 Å². The van der Waals surface area contributed by atoms with Crippen molar-refractivity contribution >= 4 is 46.9 Å². The minimum atomic E-state index is -1.45. The Labute approximate surface area is 233 Å². The number of methoxy groups -OCH3 is 1. The second-order valence-electron chi connectivity index (χ2n) is 8.85. The summed E-state index contributed by atoms with van der Waals surface area (Å²) in [4.78, 5) is 61.3. The molecule has 206 valence electrons. The lowest BCUT2D eigenvalue weighted by molar-refractivity contribution is -0.139. The van der Waals surface area contributed by atoms with E-state index < -0.39 is 29.7 Å². The molecular weight excluding hydrogens is 540 g/mol. The zero-order valence-electron chi connectivity index (χ0n) is 21.2. The van der Waals surface area contributed by atoms with Crippen molar-refractivity contribution in [1.29, 1.82) is 0 Å². The van der Waals surface area contributed by atoms with Crippen molar-refractivity contribution in [3.63, 3.8) is 0 Å². The minimum Gasteiger partial charge on any atom is -0.497 e. The van der Waals surface area contributed by atoms with Crippen molar-refractivity contribution in [1.82, 2.24) is 16.0 Å². The lowest BCUT2D eigenvalue weighted by Crippen LogP contribution is -2.48. The van der Waals surface area contributed by atoms with Crippen LogP contribution < -0.4 is 26.0 Å². The van der Waals surface area contributed by atoms with Gasteiger partial charge in [-0.05, 0) is 53.6 Å². The number of carbonyl (C=O) groups is 5. The number of carbonyl (C=O) groups excluding carboxylic acids is 4. The average molecular weight is 565 g/mol. The SMILES string of the molecule is COc1cccc(C(=O)NC[C@H](NC(=O)c2ccc(C(=O)NCc3cccc4c3CC(=O)N4)cc2Cl)C(=O)O)c1. The molecule has 1 heterocycles. The first-order valence-electron chi connectivity index (χ1n) is 12.1. The number of amides is 4. The van der Waals surface area contributed by atoms with E-state index in [1.165, 1.54) is 37.4 Å². The van der Waals surface area contributed by atoms with Gasteiger partial charge in [0.2, 0.25) is 5.91 Å². The highest BCUT2D eigenvalue weighted by Gasteiger charge is 2.24. The van der Waals surface area contributed by atoms with Gasteiger partial charge in [0.15, 0.2) is 0 Å². The maximum absolute atomic E-state index is 12.8. The second kappa shape index (κ2) is 12.3. The molecule has 0 unspecified atom stereocenters. The molecule has 0 aromatic heterocycles. The normalized spacial score (nSPS) is 12.5. The summed E-state index contributed by atoms with van der Waals surface area (Å²) < 4.78 is 5.08. The maximum atomic E-state index is 12.8. The van der Waals surface area contributed by atoms with Gasteiger partial charge in [-0.15, -0.1) is 0 Å². The van der Waals surface area contributed by atoms with E-state index in [1.54, 1.807) is 24.3 Å². The fourth-order valence-electron chi connectivity index (χ4n) is 4.10. The first-order chi connectivity index (χ1) is 19.2. The van der Waals surface area contributed by atoms with Crippen LogP contribution in [0.1, 0.15) is 42.2 Å². The number of hydrogen-bond acceptors (Lipinski definition) is 6. The number of benzene rings is 3. The Morgan fingerprint density at radius 1 is 0.975 bits per heavy atom. The molecule has 0 bridgehead atoms. The molecule has 1 aliphatic rings. The zero-order valence-corrected chi connectivity index (χ0v) is 22.0. The molecule has 5 N–H and O–H groups in total. The third-order valence-electron chi connectivity index (χ3n) is 6.20. The minimum absolute atomic E-state index is 0.0472. The van der Waals surface area contributed by atoms with Crippen LogP contribution in [-0.2, 0) is 22.6 Å².